The molecule has 15 heavy (non-hydrogen) atoms. The summed E-state index contributed by atoms with van der Waals surface area (Å²) < 4.78 is 29.2. The summed E-state index contributed by atoms with van der Waals surface area (Å²) in [5.41, 5.74) is 0.976. The maximum Gasteiger partial charge on any atom is 0.264 e. The fourth-order valence-corrected chi connectivity index (χ4v) is 1.54. The van der Waals surface area contributed by atoms with Crippen LogP contribution in [0.3, 0.4) is 0 Å². The number of aliphatic imine (C=N–C) groups is 1. The van der Waals surface area contributed by atoms with Crippen LogP contribution >= 0.6 is 0 Å². The molecule has 0 aromatic heterocycles. The van der Waals surface area contributed by atoms with E-state index in [1.807, 2.05) is 30.3 Å². The minimum atomic E-state index is -3.84. The maximum absolute atomic E-state index is 10.4. The lowest BCUT2D eigenvalue weighted by Crippen LogP contribution is -2.04. The molecule has 0 radical (unpaired) electrons. The molecule has 1 aromatic carbocycles. The Bertz CT molecular complexity index is 412. The zero-order valence-electron chi connectivity index (χ0n) is 8.20. The SMILES string of the molecule is O=S(=O)(O)CCC/N=C/c1ccccc1. The average molecular weight is 227 g/mol. The molecule has 0 spiro atoms. The van der Waals surface area contributed by atoms with E-state index in [9.17, 15) is 8.42 Å². The molecule has 82 valence electrons. The highest BCUT2D eigenvalue weighted by atomic mass is 32.2. The normalized spacial score (nSPS) is 12.1. The maximum atomic E-state index is 10.4. The lowest BCUT2D eigenvalue weighted by atomic mass is 10.2. The number of hydrogen-bond acceptors (Lipinski definition) is 3. The zero-order valence-corrected chi connectivity index (χ0v) is 9.02. The summed E-state index contributed by atoms with van der Waals surface area (Å²) in [4.78, 5) is 4.04. The monoisotopic (exact) mass is 227 g/mol. The summed E-state index contributed by atoms with van der Waals surface area (Å²) >= 11 is 0. The highest BCUT2D eigenvalue weighted by molar-refractivity contribution is 7.85. The second kappa shape index (κ2) is 5.63. The van der Waals surface area contributed by atoms with Gasteiger partial charge in [-0.25, -0.2) is 0 Å². The van der Waals surface area contributed by atoms with Gasteiger partial charge in [0.1, 0.15) is 0 Å². The number of hydrogen-bond donors (Lipinski definition) is 1. The molecule has 0 unspecified atom stereocenters. The van der Waals surface area contributed by atoms with E-state index < -0.39 is 10.1 Å². The first-order chi connectivity index (χ1) is 7.08. The van der Waals surface area contributed by atoms with Crippen LogP contribution in [0.25, 0.3) is 0 Å². The molecule has 0 aliphatic heterocycles. The summed E-state index contributed by atoms with van der Waals surface area (Å²) in [5.74, 6) is -0.237. The van der Waals surface area contributed by atoms with E-state index in [0.717, 1.165) is 5.56 Å². The molecule has 1 N–H and O–H groups in total. The van der Waals surface area contributed by atoms with E-state index in [4.69, 9.17) is 4.55 Å². The van der Waals surface area contributed by atoms with Crippen molar-refractivity contribution in [2.75, 3.05) is 12.3 Å². The smallest absolute Gasteiger partial charge is 0.264 e. The van der Waals surface area contributed by atoms with Crippen LogP contribution in [0.5, 0.6) is 0 Å². The predicted octanol–water partition coefficient (Wildman–Crippen LogP) is 1.38. The summed E-state index contributed by atoms with van der Waals surface area (Å²) in [6, 6.07) is 9.54. The zero-order chi connectivity index (χ0) is 11.1. The van der Waals surface area contributed by atoms with Gasteiger partial charge in [-0.1, -0.05) is 30.3 Å². The summed E-state index contributed by atoms with van der Waals surface area (Å²) in [6.07, 6.45) is 2.02. The highest BCUT2D eigenvalue weighted by Crippen LogP contribution is 1.95. The van der Waals surface area contributed by atoms with Crippen molar-refractivity contribution in [1.82, 2.24) is 0 Å². The van der Waals surface area contributed by atoms with Crippen LogP contribution < -0.4 is 0 Å². The van der Waals surface area contributed by atoms with Crippen molar-refractivity contribution in [2.24, 2.45) is 4.99 Å². The van der Waals surface area contributed by atoms with Crippen LogP contribution in [-0.4, -0.2) is 31.5 Å². The Morgan fingerprint density at radius 2 is 1.93 bits per heavy atom. The standard InChI is InChI=1S/C10H13NO3S/c12-15(13,14)8-4-7-11-9-10-5-2-1-3-6-10/h1-3,5-6,9H,4,7-8H2,(H,12,13,14)/b11-9+. The summed E-state index contributed by atoms with van der Waals surface area (Å²) in [6.45, 7) is 0.398. The van der Waals surface area contributed by atoms with Gasteiger partial charge in [-0.15, -0.1) is 0 Å². The first-order valence-electron chi connectivity index (χ1n) is 4.58. The third kappa shape index (κ3) is 5.98. The largest absolute Gasteiger partial charge is 0.293 e. The molecule has 5 heteroatoms. The van der Waals surface area contributed by atoms with Gasteiger partial charge in [-0.2, -0.15) is 8.42 Å². The van der Waals surface area contributed by atoms with E-state index in [1.54, 1.807) is 6.21 Å². The Balaban J connectivity index is 2.30. The van der Waals surface area contributed by atoms with E-state index in [2.05, 4.69) is 4.99 Å². The average Bonchev–Trinajstić information content (AvgIpc) is 2.17. The lowest BCUT2D eigenvalue weighted by molar-refractivity contribution is 0.481. The highest BCUT2D eigenvalue weighted by Gasteiger charge is 2.01. The number of benzene rings is 1. The molecule has 4 nitrogen and oxygen atoms in total. The van der Waals surface area contributed by atoms with Crippen LogP contribution in [-0.2, 0) is 10.1 Å². The van der Waals surface area contributed by atoms with Crippen molar-refractivity contribution < 1.29 is 13.0 Å². The van der Waals surface area contributed by atoms with Crippen molar-refractivity contribution in [3.05, 3.63) is 35.9 Å². The Morgan fingerprint density at radius 3 is 2.53 bits per heavy atom. The van der Waals surface area contributed by atoms with Crippen LogP contribution in [0, 0.1) is 0 Å². The quantitative estimate of drug-likeness (QED) is 0.469. The summed E-state index contributed by atoms with van der Waals surface area (Å²) in [7, 11) is -3.84. The molecule has 0 atom stereocenters. The molecule has 0 heterocycles. The summed E-state index contributed by atoms with van der Waals surface area (Å²) in [5, 5.41) is 0. The molecule has 1 rings (SSSR count). The Kier molecular flexibility index (Phi) is 4.45. The molecule has 0 amide bonds. The molecule has 0 aliphatic rings. The molecule has 0 bridgehead atoms. The lowest BCUT2D eigenvalue weighted by Gasteiger charge is -1.94. The topological polar surface area (TPSA) is 66.7 Å². The molecule has 0 fully saturated rings. The van der Waals surface area contributed by atoms with E-state index in [-0.39, 0.29) is 5.75 Å². The van der Waals surface area contributed by atoms with Crippen LogP contribution in [0.2, 0.25) is 0 Å². The molecule has 1 aromatic rings. The first kappa shape index (κ1) is 11.9. The van der Waals surface area contributed by atoms with Gasteiger partial charge in [0.2, 0.25) is 0 Å². The van der Waals surface area contributed by atoms with Gasteiger partial charge in [0.25, 0.3) is 10.1 Å². The fourth-order valence-electron chi connectivity index (χ4n) is 1.05. The van der Waals surface area contributed by atoms with Gasteiger partial charge < -0.3 is 0 Å². The first-order valence-corrected chi connectivity index (χ1v) is 6.19. The van der Waals surface area contributed by atoms with E-state index in [1.165, 1.54) is 0 Å². The van der Waals surface area contributed by atoms with E-state index >= 15 is 0 Å². The Hall–Kier alpha value is -1.20. The van der Waals surface area contributed by atoms with Crippen LogP contribution in [0.1, 0.15) is 12.0 Å². The van der Waals surface area contributed by atoms with E-state index in [0.29, 0.717) is 13.0 Å². The minimum absolute atomic E-state index is 0.237. The third-order valence-corrected chi connectivity index (χ3v) is 2.53. The van der Waals surface area contributed by atoms with Gasteiger partial charge >= 0.3 is 0 Å². The van der Waals surface area contributed by atoms with Gasteiger partial charge in [0.15, 0.2) is 0 Å². The third-order valence-electron chi connectivity index (χ3n) is 1.73. The molecular formula is C10H13NO3S. The van der Waals surface area contributed by atoms with Crippen molar-refractivity contribution in [3.63, 3.8) is 0 Å². The van der Waals surface area contributed by atoms with Crippen molar-refractivity contribution >= 4 is 16.3 Å². The molecule has 0 saturated heterocycles. The van der Waals surface area contributed by atoms with Gasteiger partial charge in [0.05, 0.1) is 5.75 Å². The van der Waals surface area contributed by atoms with Crippen LogP contribution in [0.15, 0.2) is 35.3 Å². The van der Waals surface area contributed by atoms with Gasteiger partial charge in [-0.3, -0.25) is 9.55 Å². The van der Waals surface area contributed by atoms with Crippen LogP contribution in [0.4, 0.5) is 0 Å². The van der Waals surface area contributed by atoms with Crippen molar-refractivity contribution in [2.45, 2.75) is 6.42 Å². The molecular weight excluding hydrogens is 214 g/mol. The Morgan fingerprint density at radius 1 is 1.27 bits per heavy atom. The second-order valence-electron chi connectivity index (χ2n) is 3.09. The number of rotatable bonds is 5. The Labute approximate surface area is 89.4 Å². The fraction of sp³-hybridized carbons (Fsp3) is 0.300. The van der Waals surface area contributed by atoms with Crippen molar-refractivity contribution in [1.29, 1.82) is 0 Å². The predicted molar refractivity (Wildman–Crippen MR) is 59.9 cm³/mol. The minimum Gasteiger partial charge on any atom is -0.293 e. The molecule has 0 aliphatic carbocycles. The van der Waals surface area contributed by atoms with Gasteiger partial charge in [-0.05, 0) is 12.0 Å². The van der Waals surface area contributed by atoms with Gasteiger partial charge in [0, 0.05) is 12.8 Å². The second-order valence-corrected chi connectivity index (χ2v) is 4.66. The van der Waals surface area contributed by atoms with Crippen molar-refractivity contribution in [3.8, 4) is 0 Å². The number of nitrogens with zero attached hydrogens (tertiary/aromatic N) is 1. The molecule has 0 saturated carbocycles.